The highest BCUT2D eigenvalue weighted by atomic mass is 31.2. The molecule has 2 N–H and O–H groups in total. The molecule has 1 atom stereocenters. The largest absolute Gasteiger partial charge is 0.469 e. The van der Waals surface area contributed by atoms with Crippen LogP contribution >= 0.6 is 7.82 Å². The molecule has 0 bridgehead atoms. The number of hydrogen-bond donors (Lipinski definition) is 2. The van der Waals surface area contributed by atoms with Crippen molar-refractivity contribution in [1.82, 2.24) is 0 Å². The van der Waals surface area contributed by atoms with Crippen molar-refractivity contribution in [3.05, 3.63) is 36.5 Å². The van der Waals surface area contributed by atoms with Crippen molar-refractivity contribution < 1.29 is 37.9 Å². The molecule has 0 aliphatic rings. The van der Waals surface area contributed by atoms with Crippen molar-refractivity contribution in [3.8, 4) is 0 Å². The lowest BCUT2D eigenvalue weighted by atomic mass is 10.0. The number of carbonyl (C=O) groups is 2. The molecule has 0 aromatic heterocycles. The van der Waals surface area contributed by atoms with Gasteiger partial charge in [0.1, 0.15) is 6.61 Å². The molecule has 56 heavy (non-hydrogen) atoms. The lowest BCUT2D eigenvalue weighted by Gasteiger charge is -2.18. The minimum absolute atomic E-state index is 0.204. The number of allylic oxidation sites excluding steroid dienone is 6. The molecule has 0 fully saturated rings. The van der Waals surface area contributed by atoms with Gasteiger partial charge in [0.2, 0.25) is 0 Å². The monoisotopic (exact) mass is 811 g/mol. The zero-order chi connectivity index (χ0) is 41.1. The maximum atomic E-state index is 12.4. The molecule has 9 heteroatoms. The summed E-state index contributed by atoms with van der Waals surface area (Å²) in [5, 5.41) is 0. The molecule has 0 aromatic rings. The molecule has 0 radical (unpaired) electrons. The van der Waals surface area contributed by atoms with Crippen molar-refractivity contribution in [3.63, 3.8) is 0 Å². The van der Waals surface area contributed by atoms with Crippen LogP contribution in [-0.2, 0) is 28.2 Å². The number of phosphoric ester groups is 1. The second-order valence-electron chi connectivity index (χ2n) is 15.7. The molecule has 0 saturated heterocycles. The van der Waals surface area contributed by atoms with Gasteiger partial charge in [-0.15, -0.1) is 0 Å². The summed E-state index contributed by atoms with van der Waals surface area (Å²) >= 11 is 0. The van der Waals surface area contributed by atoms with Crippen LogP contribution in [0.2, 0.25) is 0 Å². The average Bonchev–Trinajstić information content (AvgIpc) is 3.17. The molecule has 0 amide bonds. The summed E-state index contributed by atoms with van der Waals surface area (Å²) in [7, 11) is -4.76. The van der Waals surface area contributed by atoms with Crippen LogP contribution in [0.25, 0.3) is 0 Å². The summed E-state index contributed by atoms with van der Waals surface area (Å²) in [5.74, 6) is -0.931. The highest BCUT2D eigenvalue weighted by molar-refractivity contribution is 7.46. The van der Waals surface area contributed by atoms with Crippen molar-refractivity contribution in [2.24, 2.45) is 0 Å². The molecule has 328 valence electrons. The van der Waals surface area contributed by atoms with Crippen LogP contribution in [0.3, 0.4) is 0 Å². The number of carbonyl (C=O) groups excluding carboxylic acids is 2. The summed E-state index contributed by atoms with van der Waals surface area (Å²) in [4.78, 5) is 42.9. The van der Waals surface area contributed by atoms with Gasteiger partial charge in [-0.05, 0) is 64.2 Å². The van der Waals surface area contributed by atoms with E-state index in [4.69, 9.17) is 19.3 Å². The standard InChI is InChI=1S/C47H87O8P/c1-3-5-7-9-11-13-15-17-19-21-22-23-24-26-28-30-32-34-36-38-40-42-47(49)55-45(44-54-56(50,51)52)43-53-46(48)41-39-37-35-33-31-29-27-25-20-18-16-14-12-10-8-6-4-2/h17,19,27,29,33,35,45H,3-16,18,20-26,28,30-32,34,36-44H2,1-2H3,(H2,50,51,52)/b19-17+,29-27+,35-33+/t45-/m1/s1. The zero-order valence-corrected chi connectivity index (χ0v) is 37.2. The topological polar surface area (TPSA) is 119 Å². The molecule has 0 aromatic carbocycles. The first kappa shape index (κ1) is 54.3. The molecular formula is C47H87O8P. The Morgan fingerprint density at radius 2 is 0.821 bits per heavy atom. The lowest BCUT2D eigenvalue weighted by Crippen LogP contribution is -2.29. The smallest absolute Gasteiger partial charge is 0.462 e. The Bertz CT molecular complexity index is 1000. The number of rotatable bonds is 43. The lowest BCUT2D eigenvalue weighted by molar-refractivity contribution is -0.161. The van der Waals surface area contributed by atoms with Gasteiger partial charge >= 0.3 is 19.8 Å². The van der Waals surface area contributed by atoms with Crippen LogP contribution in [0, 0.1) is 0 Å². The minimum atomic E-state index is -4.76. The third-order valence-corrected chi connectivity index (χ3v) is 10.6. The Morgan fingerprint density at radius 1 is 0.464 bits per heavy atom. The van der Waals surface area contributed by atoms with Gasteiger partial charge in [0.15, 0.2) is 6.10 Å². The molecular weight excluding hydrogens is 723 g/mol. The van der Waals surface area contributed by atoms with Gasteiger partial charge in [-0.1, -0.05) is 192 Å². The predicted octanol–water partition coefficient (Wildman–Crippen LogP) is 14.5. The fourth-order valence-corrected chi connectivity index (χ4v) is 7.00. The zero-order valence-electron chi connectivity index (χ0n) is 36.3. The second-order valence-corrected chi connectivity index (χ2v) is 17.0. The SMILES string of the molecule is CCCCCCCC/C=C/CCCCCCCCCCCCCC(=O)O[C@H](COC(=O)CCC/C=C/C/C=C/CCCCCCCCCCC)COP(=O)(O)O. The summed E-state index contributed by atoms with van der Waals surface area (Å²) in [6, 6.07) is 0. The number of phosphoric acid groups is 1. The van der Waals surface area contributed by atoms with E-state index in [0.29, 0.717) is 12.8 Å². The van der Waals surface area contributed by atoms with Gasteiger partial charge in [0, 0.05) is 12.8 Å². The Kier molecular flexibility index (Phi) is 41.5. The van der Waals surface area contributed by atoms with E-state index >= 15 is 0 Å². The molecule has 0 spiro atoms. The quantitative estimate of drug-likeness (QED) is 0.0270. The molecule has 0 aliphatic heterocycles. The summed E-state index contributed by atoms with van der Waals surface area (Å²) in [5.41, 5.74) is 0. The van der Waals surface area contributed by atoms with E-state index in [-0.39, 0.29) is 19.4 Å². The minimum Gasteiger partial charge on any atom is -0.462 e. The number of unbranched alkanes of at least 4 members (excludes halogenated alkanes) is 27. The Balaban J connectivity index is 3.90. The summed E-state index contributed by atoms with van der Waals surface area (Å²) < 4.78 is 26.4. The van der Waals surface area contributed by atoms with E-state index in [2.05, 4.69) is 54.8 Å². The maximum absolute atomic E-state index is 12.4. The van der Waals surface area contributed by atoms with Gasteiger partial charge in [0.05, 0.1) is 6.61 Å². The van der Waals surface area contributed by atoms with Crippen LogP contribution in [-0.4, -0.2) is 41.0 Å². The van der Waals surface area contributed by atoms with Gasteiger partial charge in [-0.2, -0.15) is 0 Å². The molecule has 0 aliphatic carbocycles. The van der Waals surface area contributed by atoms with Gasteiger partial charge in [-0.3, -0.25) is 14.1 Å². The van der Waals surface area contributed by atoms with E-state index in [9.17, 15) is 14.2 Å². The van der Waals surface area contributed by atoms with Crippen LogP contribution in [0.4, 0.5) is 0 Å². The highest BCUT2D eigenvalue weighted by Crippen LogP contribution is 2.36. The molecule has 8 nitrogen and oxygen atoms in total. The Hall–Kier alpha value is -1.73. The summed E-state index contributed by atoms with van der Waals surface area (Å²) in [6.45, 7) is 3.67. The third-order valence-electron chi connectivity index (χ3n) is 10.1. The van der Waals surface area contributed by atoms with Crippen LogP contribution in [0.15, 0.2) is 36.5 Å². The van der Waals surface area contributed by atoms with Crippen LogP contribution in [0.1, 0.15) is 232 Å². The molecule has 0 heterocycles. The number of hydrogen-bond acceptors (Lipinski definition) is 6. The van der Waals surface area contributed by atoms with Crippen molar-refractivity contribution in [1.29, 1.82) is 0 Å². The number of ether oxygens (including phenoxy) is 2. The summed E-state index contributed by atoms with van der Waals surface area (Å²) in [6.07, 6.45) is 51.6. The van der Waals surface area contributed by atoms with Crippen molar-refractivity contribution >= 4 is 19.8 Å². The van der Waals surface area contributed by atoms with Gasteiger partial charge < -0.3 is 19.3 Å². The number of esters is 2. The Morgan fingerprint density at radius 3 is 1.25 bits per heavy atom. The van der Waals surface area contributed by atoms with E-state index < -0.39 is 32.5 Å². The van der Waals surface area contributed by atoms with Crippen LogP contribution in [0.5, 0.6) is 0 Å². The average molecular weight is 811 g/mol. The van der Waals surface area contributed by atoms with E-state index in [1.54, 1.807) is 0 Å². The van der Waals surface area contributed by atoms with Crippen molar-refractivity contribution in [2.75, 3.05) is 13.2 Å². The molecule has 0 saturated carbocycles. The third kappa shape index (κ3) is 45.0. The first-order chi connectivity index (χ1) is 27.3. The fourth-order valence-electron chi connectivity index (χ4n) is 6.64. The Labute approximate surface area is 344 Å². The van der Waals surface area contributed by atoms with E-state index in [1.807, 2.05) is 0 Å². The van der Waals surface area contributed by atoms with Gasteiger partial charge in [-0.25, -0.2) is 4.57 Å². The van der Waals surface area contributed by atoms with Gasteiger partial charge in [0.25, 0.3) is 0 Å². The predicted molar refractivity (Wildman–Crippen MR) is 235 cm³/mol. The molecule has 0 unspecified atom stereocenters. The first-order valence-corrected chi connectivity index (χ1v) is 24.8. The van der Waals surface area contributed by atoms with Crippen LogP contribution < -0.4 is 0 Å². The molecule has 0 rings (SSSR count). The van der Waals surface area contributed by atoms with E-state index in [0.717, 1.165) is 38.5 Å². The second kappa shape index (κ2) is 42.9. The van der Waals surface area contributed by atoms with Crippen molar-refractivity contribution in [2.45, 2.75) is 238 Å². The maximum Gasteiger partial charge on any atom is 0.469 e. The van der Waals surface area contributed by atoms with E-state index in [1.165, 1.54) is 154 Å². The first-order valence-electron chi connectivity index (χ1n) is 23.3. The highest BCUT2D eigenvalue weighted by Gasteiger charge is 2.22. The fraction of sp³-hybridized carbons (Fsp3) is 0.830. The normalized spacial score (nSPS) is 12.7.